The molecule has 2 aromatic rings. The largest absolute Gasteiger partial charge is 0.381 e. The normalized spacial score (nSPS) is 18.3. The van der Waals surface area contributed by atoms with Gasteiger partial charge in [-0.1, -0.05) is 17.4 Å². The van der Waals surface area contributed by atoms with Crippen molar-refractivity contribution in [1.82, 2.24) is 9.29 Å². The number of thiazole rings is 1. The number of nitrogens with zero attached hydrogens (tertiary/aromatic N) is 2. The van der Waals surface area contributed by atoms with Crippen LogP contribution in [0.1, 0.15) is 30.9 Å². The first kappa shape index (κ1) is 19.8. The third-order valence-electron chi connectivity index (χ3n) is 4.62. The van der Waals surface area contributed by atoms with Gasteiger partial charge in [-0.05, 0) is 49.9 Å². The van der Waals surface area contributed by atoms with Crippen LogP contribution in [0.5, 0.6) is 0 Å². The summed E-state index contributed by atoms with van der Waals surface area (Å²) in [4.78, 5) is 15.1. The molecule has 0 bridgehead atoms. The second-order valence-corrected chi connectivity index (χ2v) is 10.0. The Kier molecular flexibility index (Phi) is 5.83. The molecule has 1 atom stereocenters. The minimum atomic E-state index is -3.62. The zero-order chi connectivity index (χ0) is 19.6. The summed E-state index contributed by atoms with van der Waals surface area (Å²) in [5.74, 6) is -0.274. The van der Waals surface area contributed by atoms with Crippen LogP contribution in [0.2, 0.25) is 0 Å². The van der Waals surface area contributed by atoms with Gasteiger partial charge in [0.05, 0.1) is 6.20 Å². The zero-order valence-corrected chi connectivity index (χ0v) is 17.3. The van der Waals surface area contributed by atoms with Crippen LogP contribution in [0, 0.1) is 13.8 Å². The van der Waals surface area contributed by atoms with E-state index in [4.69, 9.17) is 0 Å². The Labute approximate surface area is 163 Å². The third-order valence-corrected chi connectivity index (χ3v) is 7.84. The molecule has 0 spiro atoms. The van der Waals surface area contributed by atoms with Crippen molar-refractivity contribution in [3.05, 3.63) is 35.5 Å². The molecular formula is C18H24N4O3S2. The number of anilines is 2. The van der Waals surface area contributed by atoms with Gasteiger partial charge in [0, 0.05) is 31.7 Å². The highest BCUT2D eigenvalue weighted by atomic mass is 32.2. The molecule has 3 rings (SSSR count). The number of nitrogens with one attached hydrogen (secondary N) is 2. The number of carbonyl (C=O) groups is 1. The van der Waals surface area contributed by atoms with Crippen molar-refractivity contribution in [2.75, 3.05) is 23.7 Å². The highest BCUT2D eigenvalue weighted by Crippen LogP contribution is 2.28. The summed E-state index contributed by atoms with van der Waals surface area (Å²) in [6, 6.07) is 6.23. The number of rotatable bonds is 5. The zero-order valence-electron chi connectivity index (χ0n) is 15.7. The second-order valence-electron chi connectivity index (χ2n) is 6.81. The molecule has 1 aromatic heterocycles. The molecule has 0 saturated carbocycles. The van der Waals surface area contributed by atoms with E-state index >= 15 is 0 Å². The number of carbonyl (C=O) groups excluding carboxylic acids is 1. The molecule has 1 aliphatic rings. The molecule has 2 heterocycles. The lowest BCUT2D eigenvalue weighted by atomic mass is 10.1. The van der Waals surface area contributed by atoms with Crippen LogP contribution >= 0.6 is 11.3 Å². The number of hydrogen-bond acceptors (Lipinski definition) is 6. The standard InChI is InChI=1S/C18H24N4O3S2/c1-12-6-7-15(9-13(12)2)21-16-5-4-8-22(11-16)27(24,25)17-10-19-18(26-17)20-14(3)23/h6-7,9-10,16,21H,4-5,8,11H2,1-3H3,(H,19,20,23). The summed E-state index contributed by atoms with van der Waals surface area (Å²) in [6.07, 6.45) is 3.02. The molecular weight excluding hydrogens is 384 g/mol. The minimum absolute atomic E-state index is 0.0540. The average molecular weight is 409 g/mol. The van der Waals surface area contributed by atoms with Crippen molar-refractivity contribution in [3.8, 4) is 0 Å². The molecule has 7 nitrogen and oxygen atoms in total. The maximum atomic E-state index is 12.9. The van der Waals surface area contributed by atoms with Gasteiger partial charge in [-0.25, -0.2) is 13.4 Å². The number of sulfonamides is 1. The van der Waals surface area contributed by atoms with Crippen molar-refractivity contribution in [3.63, 3.8) is 0 Å². The van der Waals surface area contributed by atoms with Crippen LogP contribution in [0.4, 0.5) is 10.8 Å². The fraction of sp³-hybridized carbons (Fsp3) is 0.444. The summed E-state index contributed by atoms with van der Waals surface area (Å²) >= 11 is 0.977. The van der Waals surface area contributed by atoms with E-state index in [2.05, 4.69) is 41.6 Å². The van der Waals surface area contributed by atoms with Crippen LogP contribution in [0.25, 0.3) is 0 Å². The molecule has 1 saturated heterocycles. The number of aromatic nitrogens is 1. The van der Waals surface area contributed by atoms with Crippen LogP contribution in [0.3, 0.4) is 0 Å². The fourth-order valence-corrected chi connectivity index (χ4v) is 5.82. The molecule has 0 aliphatic carbocycles. The summed E-state index contributed by atoms with van der Waals surface area (Å²) in [7, 11) is -3.62. The van der Waals surface area contributed by atoms with Gasteiger partial charge < -0.3 is 10.6 Å². The monoisotopic (exact) mass is 408 g/mol. The summed E-state index contributed by atoms with van der Waals surface area (Å²) in [5.41, 5.74) is 3.44. The lowest BCUT2D eigenvalue weighted by Crippen LogP contribution is -2.44. The first-order valence-electron chi connectivity index (χ1n) is 8.83. The molecule has 1 unspecified atom stereocenters. The Morgan fingerprint density at radius 1 is 1.30 bits per heavy atom. The average Bonchev–Trinajstić information content (AvgIpc) is 3.07. The number of benzene rings is 1. The van der Waals surface area contributed by atoms with Gasteiger partial charge in [0.25, 0.3) is 10.0 Å². The maximum Gasteiger partial charge on any atom is 0.254 e. The molecule has 0 radical (unpaired) electrons. The first-order chi connectivity index (χ1) is 12.8. The van der Waals surface area contributed by atoms with Gasteiger partial charge in [0.15, 0.2) is 9.34 Å². The van der Waals surface area contributed by atoms with Crippen LogP contribution in [-0.2, 0) is 14.8 Å². The van der Waals surface area contributed by atoms with Crippen LogP contribution < -0.4 is 10.6 Å². The van der Waals surface area contributed by atoms with Gasteiger partial charge in [0.1, 0.15) is 0 Å². The van der Waals surface area contributed by atoms with Gasteiger partial charge in [-0.3, -0.25) is 4.79 Å². The smallest absolute Gasteiger partial charge is 0.254 e. The molecule has 2 N–H and O–H groups in total. The van der Waals surface area contributed by atoms with E-state index < -0.39 is 10.0 Å². The van der Waals surface area contributed by atoms with E-state index in [9.17, 15) is 13.2 Å². The van der Waals surface area contributed by atoms with E-state index in [0.29, 0.717) is 18.2 Å². The Balaban J connectivity index is 1.71. The number of piperidine rings is 1. The van der Waals surface area contributed by atoms with Gasteiger partial charge >= 0.3 is 0 Å². The number of hydrogen-bond donors (Lipinski definition) is 2. The van der Waals surface area contributed by atoms with E-state index in [-0.39, 0.29) is 16.2 Å². The molecule has 1 aliphatic heterocycles. The lowest BCUT2D eigenvalue weighted by Gasteiger charge is -2.32. The number of amides is 1. The predicted octanol–water partition coefficient (Wildman–Crippen LogP) is 2.98. The van der Waals surface area contributed by atoms with Crippen molar-refractivity contribution < 1.29 is 13.2 Å². The quantitative estimate of drug-likeness (QED) is 0.794. The molecule has 146 valence electrons. The van der Waals surface area contributed by atoms with Crippen molar-refractivity contribution >= 4 is 38.1 Å². The Morgan fingerprint density at radius 3 is 2.78 bits per heavy atom. The fourth-order valence-electron chi connectivity index (χ4n) is 3.06. The van der Waals surface area contributed by atoms with E-state index in [1.165, 1.54) is 28.6 Å². The second kappa shape index (κ2) is 7.95. The highest BCUT2D eigenvalue weighted by molar-refractivity contribution is 7.91. The molecule has 1 fully saturated rings. The molecule has 9 heteroatoms. The minimum Gasteiger partial charge on any atom is -0.381 e. The van der Waals surface area contributed by atoms with E-state index in [1.54, 1.807) is 0 Å². The summed E-state index contributed by atoms with van der Waals surface area (Å²) in [5, 5.41) is 6.28. The first-order valence-corrected chi connectivity index (χ1v) is 11.1. The topological polar surface area (TPSA) is 91.4 Å². The SMILES string of the molecule is CC(=O)Nc1ncc(S(=O)(=O)N2CCCC(Nc3ccc(C)c(C)c3)C2)s1. The summed E-state index contributed by atoms with van der Waals surface area (Å²) in [6.45, 7) is 6.39. The van der Waals surface area contributed by atoms with Gasteiger partial charge in [-0.15, -0.1) is 0 Å². The van der Waals surface area contributed by atoms with Gasteiger partial charge in [0.2, 0.25) is 5.91 Å². The summed E-state index contributed by atoms with van der Waals surface area (Å²) < 4.78 is 27.5. The predicted molar refractivity (Wildman–Crippen MR) is 108 cm³/mol. The van der Waals surface area contributed by atoms with Gasteiger partial charge in [-0.2, -0.15) is 4.31 Å². The van der Waals surface area contributed by atoms with E-state index in [1.807, 2.05) is 6.07 Å². The Bertz CT molecular complexity index is 940. The van der Waals surface area contributed by atoms with Crippen LogP contribution in [-0.4, -0.2) is 42.7 Å². The number of aryl methyl sites for hydroxylation is 2. The molecule has 1 amide bonds. The third kappa shape index (κ3) is 4.66. The Morgan fingerprint density at radius 2 is 2.07 bits per heavy atom. The highest BCUT2D eigenvalue weighted by Gasteiger charge is 2.32. The Hall–Kier alpha value is -1.97. The van der Waals surface area contributed by atoms with Crippen molar-refractivity contribution in [2.45, 2.75) is 43.9 Å². The van der Waals surface area contributed by atoms with Crippen LogP contribution in [0.15, 0.2) is 28.6 Å². The van der Waals surface area contributed by atoms with Crippen molar-refractivity contribution in [1.29, 1.82) is 0 Å². The van der Waals surface area contributed by atoms with Crippen molar-refractivity contribution in [2.24, 2.45) is 0 Å². The van der Waals surface area contributed by atoms with E-state index in [0.717, 1.165) is 29.9 Å². The lowest BCUT2D eigenvalue weighted by molar-refractivity contribution is -0.114. The maximum absolute atomic E-state index is 12.9. The molecule has 1 aromatic carbocycles. The molecule has 27 heavy (non-hydrogen) atoms.